The van der Waals surface area contributed by atoms with Crippen molar-refractivity contribution in [1.29, 1.82) is 0 Å². The van der Waals surface area contributed by atoms with Gasteiger partial charge in [-0.15, -0.1) is 0 Å². The molecule has 0 aliphatic rings. The second-order valence-corrected chi connectivity index (χ2v) is 3.13. The summed E-state index contributed by atoms with van der Waals surface area (Å²) in [4.78, 5) is 12.8. The van der Waals surface area contributed by atoms with Crippen LogP contribution in [0.2, 0.25) is 0 Å². The van der Waals surface area contributed by atoms with Gasteiger partial charge in [0.1, 0.15) is 6.61 Å². The Bertz CT molecular complexity index is 151. The number of rotatable bonds is 8. The molecule has 0 amide bonds. The zero-order valence-corrected chi connectivity index (χ0v) is 9.51. The van der Waals surface area contributed by atoms with Crippen LogP contribution in [0, 0.1) is 0 Å². The van der Waals surface area contributed by atoms with Crippen molar-refractivity contribution >= 4 is 5.97 Å². The van der Waals surface area contributed by atoms with E-state index in [4.69, 9.17) is 4.74 Å². The third kappa shape index (κ3) is 8.01. The third-order valence-electron chi connectivity index (χ3n) is 2.01. The van der Waals surface area contributed by atoms with Crippen LogP contribution in [0.3, 0.4) is 0 Å². The summed E-state index contributed by atoms with van der Waals surface area (Å²) in [5, 5.41) is 3.26. The number of nitrogens with zero attached hydrogens (tertiary/aromatic N) is 1. The molecule has 0 spiro atoms. The molecule has 0 aromatic heterocycles. The van der Waals surface area contributed by atoms with Gasteiger partial charge < -0.3 is 10.1 Å². The third-order valence-corrected chi connectivity index (χ3v) is 2.01. The van der Waals surface area contributed by atoms with Gasteiger partial charge in [-0.3, -0.25) is 9.69 Å². The fourth-order valence-electron chi connectivity index (χ4n) is 1.16. The highest BCUT2D eigenvalue weighted by molar-refractivity contribution is 5.65. The van der Waals surface area contributed by atoms with Gasteiger partial charge in [0.25, 0.3) is 0 Å². The molecule has 0 aliphatic heterocycles. The molecule has 84 valence electrons. The Morgan fingerprint density at radius 3 is 2.57 bits per heavy atom. The van der Waals surface area contributed by atoms with E-state index in [9.17, 15) is 4.79 Å². The Balaban J connectivity index is 3.42. The van der Waals surface area contributed by atoms with Crippen LogP contribution in [0.4, 0.5) is 0 Å². The summed E-state index contributed by atoms with van der Waals surface area (Å²) in [6.45, 7) is 10.9. The van der Waals surface area contributed by atoms with Gasteiger partial charge in [0, 0.05) is 26.6 Å². The van der Waals surface area contributed by atoms with Gasteiger partial charge in [0.05, 0.1) is 0 Å². The molecule has 0 aromatic carbocycles. The highest BCUT2D eigenvalue weighted by atomic mass is 16.5. The standard InChI is InChI=1S/C10H22N2O2/c1-4-11-6-7-12(5-2)8-9-14-10(3)13/h11H,4-9H2,1-3H3. The van der Waals surface area contributed by atoms with Crippen molar-refractivity contribution in [2.45, 2.75) is 20.8 Å². The van der Waals surface area contributed by atoms with Crippen molar-refractivity contribution in [3.63, 3.8) is 0 Å². The average molecular weight is 202 g/mol. The molecule has 0 rings (SSSR count). The molecule has 0 heterocycles. The number of nitrogens with one attached hydrogen (secondary N) is 1. The van der Waals surface area contributed by atoms with Crippen molar-refractivity contribution in [3.05, 3.63) is 0 Å². The smallest absolute Gasteiger partial charge is 0.302 e. The number of hydrogen-bond donors (Lipinski definition) is 1. The van der Waals surface area contributed by atoms with E-state index in [1.807, 2.05) is 0 Å². The molecule has 4 heteroatoms. The molecule has 0 fully saturated rings. The Kier molecular flexibility index (Phi) is 8.57. The minimum Gasteiger partial charge on any atom is -0.465 e. The summed E-state index contributed by atoms with van der Waals surface area (Å²) in [6, 6.07) is 0. The van der Waals surface area contributed by atoms with Crippen molar-refractivity contribution < 1.29 is 9.53 Å². The van der Waals surface area contributed by atoms with Crippen LogP contribution in [-0.4, -0.2) is 50.2 Å². The normalized spacial score (nSPS) is 10.6. The Hall–Kier alpha value is -0.610. The first-order valence-corrected chi connectivity index (χ1v) is 5.27. The highest BCUT2D eigenvalue weighted by Gasteiger charge is 2.01. The SMILES string of the molecule is CCNCCN(CC)CCOC(C)=O. The summed E-state index contributed by atoms with van der Waals surface area (Å²) in [7, 11) is 0. The second-order valence-electron chi connectivity index (χ2n) is 3.13. The predicted octanol–water partition coefficient (Wildman–Crippen LogP) is 0.481. The van der Waals surface area contributed by atoms with E-state index in [0.717, 1.165) is 32.7 Å². The zero-order valence-electron chi connectivity index (χ0n) is 9.51. The molecular formula is C10H22N2O2. The maximum atomic E-state index is 10.5. The molecule has 0 saturated carbocycles. The predicted molar refractivity (Wildman–Crippen MR) is 57.3 cm³/mol. The van der Waals surface area contributed by atoms with Gasteiger partial charge in [0.2, 0.25) is 0 Å². The molecule has 4 nitrogen and oxygen atoms in total. The molecule has 1 N–H and O–H groups in total. The number of carbonyl (C=O) groups is 1. The lowest BCUT2D eigenvalue weighted by atomic mass is 10.4. The molecule has 0 radical (unpaired) electrons. The van der Waals surface area contributed by atoms with Gasteiger partial charge >= 0.3 is 5.97 Å². The lowest BCUT2D eigenvalue weighted by Gasteiger charge is -2.19. The van der Waals surface area contributed by atoms with Crippen LogP contribution in [0.1, 0.15) is 20.8 Å². The number of esters is 1. The van der Waals surface area contributed by atoms with E-state index in [0.29, 0.717) is 6.61 Å². The molecule has 0 bridgehead atoms. The van der Waals surface area contributed by atoms with E-state index < -0.39 is 0 Å². The zero-order chi connectivity index (χ0) is 10.8. The lowest BCUT2D eigenvalue weighted by Crippen LogP contribution is -2.34. The summed E-state index contributed by atoms with van der Waals surface area (Å²) < 4.78 is 4.88. The first-order chi connectivity index (χ1) is 6.70. The molecule has 0 aromatic rings. The fourth-order valence-corrected chi connectivity index (χ4v) is 1.16. The molecule has 14 heavy (non-hydrogen) atoms. The highest BCUT2D eigenvalue weighted by Crippen LogP contribution is 1.87. The minimum absolute atomic E-state index is 0.201. The molecule has 0 unspecified atom stereocenters. The Labute approximate surface area is 86.6 Å². The van der Waals surface area contributed by atoms with Gasteiger partial charge in [-0.05, 0) is 13.1 Å². The molecule has 0 atom stereocenters. The van der Waals surface area contributed by atoms with E-state index in [1.54, 1.807) is 0 Å². The summed E-state index contributed by atoms with van der Waals surface area (Å²) in [5.74, 6) is -0.201. The summed E-state index contributed by atoms with van der Waals surface area (Å²) in [6.07, 6.45) is 0. The van der Waals surface area contributed by atoms with Crippen LogP contribution in [0.15, 0.2) is 0 Å². The van der Waals surface area contributed by atoms with Crippen molar-refractivity contribution in [3.8, 4) is 0 Å². The van der Waals surface area contributed by atoms with E-state index in [-0.39, 0.29) is 5.97 Å². The largest absolute Gasteiger partial charge is 0.465 e. The Morgan fingerprint density at radius 1 is 1.36 bits per heavy atom. The maximum absolute atomic E-state index is 10.5. The first kappa shape index (κ1) is 13.4. The Morgan fingerprint density at radius 2 is 2.07 bits per heavy atom. The monoisotopic (exact) mass is 202 g/mol. The molecule has 0 aliphatic carbocycles. The number of ether oxygens (including phenoxy) is 1. The first-order valence-electron chi connectivity index (χ1n) is 5.27. The maximum Gasteiger partial charge on any atom is 0.302 e. The number of carbonyl (C=O) groups excluding carboxylic acids is 1. The van der Waals surface area contributed by atoms with Crippen LogP contribution < -0.4 is 5.32 Å². The second kappa shape index (κ2) is 8.97. The van der Waals surface area contributed by atoms with Crippen molar-refractivity contribution in [1.82, 2.24) is 10.2 Å². The van der Waals surface area contributed by atoms with E-state index >= 15 is 0 Å². The molecule has 0 saturated heterocycles. The lowest BCUT2D eigenvalue weighted by molar-refractivity contribution is -0.141. The van der Waals surface area contributed by atoms with Crippen molar-refractivity contribution in [2.75, 3.05) is 39.3 Å². The van der Waals surface area contributed by atoms with Crippen molar-refractivity contribution in [2.24, 2.45) is 0 Å². The molecular weight excluding hydrogens is 180 g/mol. The average Bonchev–Trinajstić information content (AvgIpc) is 2.15. The van der Waals surface area contributed by atoms with Crippen LogP contribution >= 0.6 is 0 Å². The summed E-state index contributed by atoms with van der Waals surface area (Å²) >= 11 is 0. The van der Waals surface area contributed by atoms with Crippen LogP contribution in [0.5, 0.6) is 0 Å². The quantitative estimate of drug-likeness (QED) is 0.459. The van der Waals surface area contributed by atoms with Gasteiger partial charge in [-0.1, -0.05) is 13.8 Å². The van der Waals surface area contributed by atoms with Crippen LogP contribution in [-0.2, 0) is 9.53 Å². The van der Waals surface area contributed by atoms with E-state index in [2.05, 4.69) is 24.1 Å². The van der Waals surface area contributed by atoms with Crippen LogP contribution in [0.25, 0.3) is 0 Å². The number of likely N-dealkylation sites (N-methyl/N-ethyl adjacent to an activating group) is 2. The summed E-state index contributed by atoms with van der Waals surface area (Å²) in [5.41, 5.74) is 0. The van der Waals surface area contributed by atoms with Gasteiger partial charge in [-0.2, -0.15) is 0 Å². The van der Waals surface area contributed by atoms with E-state index in [1.165, 1.54) is 6.92 Å². The fraction of sp³-hybridized carbons (Fsp3) is 0.900. The van der Waals surface area contributed by atoms with Gasteiger partial charge in [-0.25, -0.2) is 0 Å². The number of hydrogen-bond acceptors (Lipinski definition) is 4. The minimum atomic E-state index is -0.201. The van der Waals surface area contributed by atoms with Gasteiger partial charge in [0.15, 0.2) is 0 Å². The topological polar surface area (TPSA) is 41.6 Å².